The minimum absolute atomic E-state index is 0.0495. The fourth-order valence-corrected chi connectivity index (χ4v) is 8.90. The van der Waals surface area contributed by atoms with Crippen molar-refractivity contribution in [1.82, 2.24) is 5.32 Å². The number of quaternary nitrogens is 1. The molecule has 0 bridgehead atoms. The molecule has 9 heteroatoms. The van der Waals surface area contributed by atoms with Crippen LogP contribution in [-0.4, -0.2) is 73.4 Å². The summed E-state index contributed by atoms with van der Waals surface area (Å²) in [5.41, 5.74) is 0. The van der Waals surface area contributed by atoms with Crippen LogP contribution in [0.25, 0.3) is 0 Å². The molecule has 0 rings (SSSR count). The van der Waals surface area contributed by atoms with Crippen LogP contribution in [0.1, 0.15) is 245 Å². The number of aliphatic hydroxyl groups excluding tert-OH is 1. The van der Waals surface area contributed by atoms with Crippen LogP contribution in [0.3, 0.4) is 0 Å². The Morgan fingerprint density at radius 3 is 1.28 bits per heavy atom. The van der Waals surface area contributed by atoms with E-state index in [1.54, 1.807) is 6.08 Å². The SMILES string of the molecule is CC/C=C\C/C=C\C/C=C\C/C=C\C/C=C\CCCCCCCCCCCCCCCC(=O)NC(COP(=O)(O)OCC[N+](C)(C)C)C(O)/C=C/CC/C=C/CC/C=C/CCCCCCCCCCCCC. The fraction of sp³-hybridized carbons (Fsp3) is 0.730. The number of carbonyl (C=O) groups excluding carboxylic acids is 1. The van der Waals surface area contributed by atoms with Crippen LogP contribution >= 0.6 is 7.82 Å². The van der Waals surface area contributed by atoms with Crippen LogP contribution in [0.5, 0.6) is 0 Å². The molecule has 8 nitrogen and oxygen atoms in total. The molecular weight excluding hydrogens is 912 g/mol. The van der Waals surface area contributed by atoms with E-state index in [2.05, 4.69) is 104 Å². The fourth-order valence-electron chi connectivity index (χ4n) is 8.16. The summed E-state index contributed by atoms with van der Waals surface area (Å²) in [6.07, 6.45) is 76.6. The van der Waals surface area contributed by atoms with Crippen LogP contribution in [0.2, 0.25) is 0 Å². The molecular formula is C63H114N2O6P+. The molecule has 0 spiro atoms. The third kappa shape index (κ3) is 55.2. The van der Waals surface area contributed by atoms with Gasteiger partial charge in [-0.15, -0.1) is 0 Å². The van der Waals surface area contributed by atoms with Gasteiger partial charge >= 0.3 is 7.82 Å². The second-order valence-electron chi connectivity index (χ2n) is 21.0. The summed E-state index contributed by atoms with van der Waals surface area (Å²) in [5, 5.41) is 13.9. The number of amides is 1. The van der Waals surface area contributed by atoms with Crippen molar-refractivity contribution in [2.45, 2.75) is 257 Å². The topological polar surface area (TPSA) is 105 Å². The second kappa shape index (κ2) is 53.3. The van der Waals surface area contributed by atoms with Gasteiger partial charge in [-0.3, -0.25) is 13.8 Å². The minimum atomic E-state index is -4.37. The van der Waals surface area contributed by atoms with Crippen molar-refractivity contribution in [2.24, 2.45) is 0 Å². The predicted octanol–water partition coefficient (Wildman–Crippen LogP) is 18.2. The molecule has 3 atom stereocenters. The molecule has 0 saturated carbocycles. The summed E-state index contributed by atoms with van der Waals surface area (Å²) in [5.74, 6) is -0.195. The number of carbonyl (C=O) groups is 1. The monoisotopic (exact) mass is 1030 g/mol. The first kappa shape index (κ1) is 69.4. The molecule has 0 aromatic carbocycles. The highest BCUT2D eigenvalue weighted by molar-refractivity contribution is 7.47. The number of hydrogen-bond donors (Lipinski definition) is 3. The molecule has 0 aliphatic rings. The van der Waals surface area contributed by atoms with E-state index < -0.39 is 20.0 Å². The third-order valence-corrected chi connectivity index (χ3v) is 13.7. The Morgan fingerprint density at radius 1 is 0.486 bits per heavy atom. The number of hydrogen-bond acceptors (Lipinski definition) is 5. The predicted molar refractivity (Wildman–Crippen MR) is 313 cm³/mol. The van der Waals surface area contributed by atoms with E-state index in [4.69, 9.17) is 9.05 Å². The highest BCUT2D eigenvalue weighted by Crippen LogP contribution is 2.43. The Balaban J connectivity index is 4.25. The van der Waals surface area contributed by atoms with E-state index in [0.717, 1.165) is 77.0 Å². The van der Waals surface area contributed by atoms with E-state index in [0.29, 0.717) is 17.4 Å². The normalized spacial score (nSPS) is 14.6. The number of aliphatic hydroxyl groups is 1. The molecule has 3 N–H and O–H groups in total. The average Bonchev–Trinajstić information content (AvgIpc) is 3.34. The number of phosphoric acid groups is 1. The van der Waals surface area contributed by atoms with Gasteiger partial charge in [-0.2, -0.15) is 0 Å². The van der Waals surface area contributed by atoms with E-state index in [1.165, 1.54) is 148 Å². The number of rotatable bonds is 53. The molecule has 0 fully saturated rings. The maximum absolute atomic E-state index is 13.0. The van der Waals surface area contributed by atoms with Crippen LogP contribution in [0, 0.1) is 0 Å². The maximum atomic E-state index is 13.0. The average molecular weight is 1030 g/mol. The van der Waals surface area contributed by atoms with Gasteiger partial charge in [-0.1, -0.05) is 246 Å². The molecule has 0 saturated heterocycles. The van der Waals surface area contributed by atoms with Gasteiger partial charge in [0.1, 0.15) is 13.2 Å². The summed E-state index contributed by atoms with van der Waals surface area (Å²) in [7, 11) is 1.54. The lowest BCUT2D eigenvalue weighted by Gasteiger charge is -2.25. The molecule has 0 aromatic rings. The van der Waals surface area contributed by atoms with Crippen molar-refractivity contribution < 1.29 is 32.9 Å². The van der Waals surface area contributed by atoms with E-state index in [-0.39, 0.29) is 19.1 Å². The first-order chi connectivity index (χ1) is 35.0. The maximum Gasteiger partial charge on any atom is 0.472 e. The standard InChI is InChI=1S/C63H113N2O6P/c1-6-8-10-12-14-16-18-20-22-24-26-28-29-30-31-32-33-34-35-37-39-41-43-45-47-49-51-53-55-57-63(67)64-61(60-71-72(68,69)70-59-58-65(3,4)5)62(66)56-54-52-50-48-46-44-42-40-38-36-27-25-23-21-19-17-15-13-11-9-7-2/h8,10,14,16,20,22,26,28,30-31,38,40,46,48,54,56,61-62,66H,6-7,9,11-13,15,17-19,21,23-25,27,29,32-37,39,41-45,47,49-53,55,57-60H2,1-5H3,(H-,64,67,68,69)/p+1/b10-8-,16-14-,22-20-,28-26-,31-30-,40-38+,48-46+,56-54+. The molecule has 72 heavy (non-hydrogen) atoms. The summed E-state index contributed by atoms with van der Waals surface area (Å²) >= 11 is 0. The lowest BCUT2D eigenvalue weighted by atomic mass is 10.0. The van der Waals surface area contributed by atoms with Crippen molar-refractivity contribution in [3.8, 4) is 0 Å². The van der Waals surface area contributed by atoms with Crippen molar-refractivity contribution in [3.05, 3.63) is 97.2 Å². The molecule has 0 heterocycles. The Hall–Kier alpha value is -2.58. The quantitative estimate of drug-likeness (QED) is 0.0243. The van der Waals surface area contributed by atoms with Gasteiger partial charge in [0.25, 0.3) is 0 Å². The molecule has 0 radical (unpaired) electrons. The van der Waals surface area contributed by atoms with E-state index >= 15 is 0 Å². The molecule has 3 unspecified atom stereocenters. The van der Waals surface area contributed by atoms with Gasteiger partial charge in [-0.05, 0) is 89.9 Å². The molecule has 416 valence electrons. The number of nitrogens with one attached hydrogen (secondary N) is 1. The van der Waals surface area contributed by atoms with Gasteiger partial charge < -0.3 is 19.8 Å². The Morgan fingerprint density at radius 2 is 0.847 bits per heavy atom. The molecule has 0 aromatic heterocycles. The van der Waals surface area contributed by atoms with Crippen LogP contribution in [0.4, 0.5) is 0 Å². The number of likely N-dealkylation sites (N-methyl/N-ethyl adjacent to an activating group) is 1. The molecule has 0 aliphatic heterocycles. The Kier molecular flexibility index (Phi) is 51.3. The number of nitrogens with zero attached hydrogens (tertiary/aromatic N) is 1. The lowest BCUT2D eigenvalue weighted by molar-refractivity contribution is -0.870. The van der Waals surface area contributed by atoms with E-state index in [9.17, 15) is 19.4 Å². The largest absolute Gasteiger partial charge is 0.472 e. The van der Waals surface area contributed by atoms with E-state index in [1.807, 2.05) is 27.2 Å². The zero-order valence-corrected chi connectivity index (χ0v) is 48.3. The van der Waals surface area contributed by atoms with Gasteiger partial charge in [-0.25, -0.2) is 4.57 Å². The third-order valence-electron chi connectivity index (χ3n) is 12.8. The van der Waals surface area contributed by atoms with Crippen LogP contribution in [0.15, 0.2) is 97.2 Å². The highest BCUT2D eigenvalue weighted by atomic mass is 31.2. The molecule has 1 amide bonds. The van der Waals surface area contributed by atoms with Gasteiger partial charge in [0.2, 0.25) is 5.91 Å². The highest BCUT2D eigenvalue weighted by Gasteiger charge is 2.27. The smallest absolute Gasteiger partial charge is 0.387 e. The summed E-state index contributed by atoms with van der Waals surface area (Å²) in [6, 6.07) is -0.877. The number of phosphoric ester groups is 1. The van der Waals surface area contributed by atoms with Gasteiger partial charge in [0.15, 0.2) is 0 Å². The number of unbranched alkanes of at least 4 members (excludes halogenated alkanes) is 26. The summed E-state index contributed by atoms with van der Waals surface area (Å²) < 4.78 is 23.7. The van der Waals surface area contributed by atoms with Gasteiger partial charge in [0.05, 0.1) is 39.9 Å². The van der Waals surface area contributed by atoms with Crippen LogP contribution in [-0.2, 0) is 18.4 Å². The zero-order chi connectivity index (χ0) is 52.7. The minimum Gasteiger partial charge on any atom is -0.387 e. The summed E-state index contributed by atoms with van der Waals surface area (Å²) in [6.45, 7) is 4.68. The first-order valence-corrected chi connectivity index (χ1v) is 31.1. The van der Waals surface area contributed by atoms with Gasteiger partial charge in [0, 0.05) is 6.42 Å². The number of allylic oxidation sites excluding steroid dienone is 15. The van der Waals surface area contributed by atoms with Crippen molar-refractivity contribution >= 4 is 13.7 Å². The summed E-state index contributed by atoms with van der Waals surface area (Å²) in [4.78, 5) is 23.3. The Bertz CT molecular complexity index is 1490. The van der Waals surface area contributed by atoms with Crippen molar-refractivity contribution in [3.63, 3.8) is 0 Å². The van der Waals surface area contributed by atoms with Crippen molar-refractivity contribution in [2.75, 3.05) is 40.9 Å². The Labute approximate surface area is 445 Å². The van der Waals surface area contributed by atoms with Crippen molar-refractivity contribution in [1.29, 1.82) is 0 Å². The van der Waals surface area contributed by atoms with Crippen LogP contribution < -0.4 is 5.32 Å². The first-order valence-electron chi connectivity index (χ1n) is 29.6. The second-order valence-corrected chi connectivity index (χ2v) is 22.4. The lowest BCUT2D eigenvalue weighted by Crippen LogP contribution is -2.45. The zero-order valence-electron chi connectivity index (χ0n) is 47.4. The molecule has 0 aliphatic carbocycles.